The summed E-state index contributed by atoms with van der Waals surface area (Å²) < 4.78 is 0.958. The number of nitrogens with zero attached hydrogens (tertiary/aromatic N) is 1. The predicted octanol–water partition coefficient (Wildman–Crippen LogP) is 3.22. The van der Waals surface area contributed by atoms with Crippen LogP contribution in [0.4, 0.5) is 10.5 Å². The summed E-state index contributed by atoms with van der Waals surface area (Å²) in [5, 5.41) is 2.72. The van der Waals surface area contributed by atoms with Gasteiger partial charge in [-0.05, 0) is 41.1 Å². The molecule has 0 saturated carbocycles. The van der Waals surface area contributed by atoms with E-state index in [0.717, 1.165) is 15.0 Å². The maximum atomic E-state index is 11.8. The van der Waals surface area contributed by atoms with E-state index in [1.54, 1.807) is 12.5 Å². The molecule has 1 heterocycles. The fourth-order valence-electron chi connectivity index (χ4n) is 1.64. The quantitative estimate of drug-likeness (QED) is 0.546. The van der Waals surface area contributed by atoms with Gasteiger partial charge in [-0.15, -0.1) is 0 Å². The van der Waals surface area contributed by atoms with Crippen LogP contribution < -0.4 is 10.8 Å². The summed E-state index contributed by atoms with van der Waals surface area (Å²) in [4.78, 5) is 24.1. The van der Waals surface area contributed by atoms with Gasteiger partial charge in [-0.1, -0.05) is 19.1 Å². The number of halogens is 1. The highest BCUT2D eigenvalue weighted by Crippen LogP contribution is 2.18. The number of anilines is 1. The molecule has 2 rings (SSSR count). The smallest absolute Gasteiger partial charge is 0.343 e. The van der Waals surface area contributed by atoms with Crippen molar-refractivity contribution < 1.29 is 9.63 Å². The molecule has 0 spiro atoms. The third kappa shape index (κ3) is 3.94. The van der Waals surface area contributed by atoms with Crippen LogP contribution in [0.1, 0.15) is 25.1 Å². The molecule has 0 aliphatic carbocycles. The molecule has 106 valence electrons. The number of hydroxylamine groups is 1. The van der Waals surface area contributed by atoms with Gasteiger partial charge < -0.3 is 10.3 Å². The zero-order valence-corrected chi connectivity index (χ0v) is 13.0. The van der Waals surface area contributed by atoms with Gasteiger partial charge in [-0.2, -0.15) is 0 Å². The first-order valence-electron chi connectivity index (χ1n) is 6.16. The molecule has 0 bridgehead atoms. The maximum Gasteiger partial charge on any atom is 0.343 e. The molecule has 1 atom stereocenters. The Morgan fingerprint density at radius 2 is 2.30 bits per heavy atom. The number of hydrogen-bond donors (Lipinski definition) is 3. The molecule has 1 aromatic carbocycles. The maximum absolute atomic E-state index is 11.8. The fraction of sp³-hybridized carbons (Fsp3) is 0.231. The second-order valence-corrected chi connectivity index (χ2v) is 5.21. The molecule has 7 heteroatoms. The van der Waals surface area contributed by atoms with Crippen molar-refractivity contribution in [2.45, 2.75) is 19.4 Å². The number of aromatic amines is 1. The average molecular weight is 386 g/mol. The van der Waals surface area contributed by atoms with E-state index >= 15 is 0 Å². The summed E-state index contributed by atoms with van der Waals surface area (Å²) in [5.74, 6) is 0. The molecule has 3 N–H and O–H groups in total. The van der Waals surface area contributed by atoms with Gasteiger partial charge in [0.2, 0.25) is 0 Å². The van der Waals surface area contributed by atoms with Gasteiger partial charge in [0.1, 0.15) is 6.10 Å². The molecule has 0 radical (unpaired) electrons. The monoisotopic (exact) mass is 386 g/mol. The highest BCUT2D eigenvalue weighted by molar-refractivity contribution is 14.1. The Bertz CT molecular complexity index is 559. The highest BCUT2D eigenvalue weighted by atomic mass is 127. The zero-order chi connectivity index (χ0) is 14.4. The van der Waals surface area contributed by atoms with Crippen molar-refractivity contribution in [1.29, 1.82) is 0 Å². The molecular weight excluding hydrogens is 371 g/mol. The van der Waals surface area contributed by atoms with Gasteiger partial charge in [-0.3, -0.25) is 4.84 Å². The Morgan fingerprint density at radius 3 is 2.95 bits per heavy atom. The summed E-state index contributed by atoms with van der Waals surface area (Å²) in [6.07, 6.45) is 3.75. The highest BCUT2D eigenvalue weighted by Gasteiger charge is 2.14. The summed E-state index contributed by atoms with van der Waals surface area (Å²) in [6.45, 7) is 1.96. The molecule has 6 nitrogen and oxygen atoms in total. The van der Waals surface area contributed by atoms with Crippen molar-refractivity contribution in [3.63, 3.8) is 0 Å². The van der Waals surface area contributed by atoms with Crippen LogP contribution in [0.5, 0.6) is 0 Å². The number of para-hydroxylation sites is 1. The number of aromatic nitrogens is 2. The predicted molar refractivity (Wildman–Crippen MR) is 84.0 cm³/mol. The van der Waals surface area contributed by atoms with Crippen LogP contribution in [0.3, 0.4) is 0 Å². The van der Waals surface area contributed by atoms with Crippen LogP contribution in [0.2, 0.25) is 0 Å². The van der Waals surface area contributed by atoms with Gasteiger partial charge >= 0.3 is 6.03 Å². The SMILES string of the molecule is CCC(ONC(=O)Nc1ccccc1I)c1c[nH]cn1. The lowest BCUT2D eigenvalue weighted by Gasteiger charge is -2.14. The van der Waals surface area contributed by atoms with Crippen molar-refractivity contribution in [2.75, 3.05) is 5.32 Å². The third-order valence-electron chi connectivity index (χ3n) is 2.64. The minimum Gasteiger partial charge on any atom is -0.351 e. The van der Waals surface area contributed by atoms with E-state index in [0.29, 0.717) is 6.42 Å². The fourth-order valence-corrected chi connectivity index (χ4v) is 2.16. The zero-order valence-electron chi connectivity index (χ0n) is 10.9. The van der Waals surface area contributed by atoms with E-state index in [9.17, 15) is 4.79 Å². The topological polar surface area (TPSA) is 79.0 Å². The minimum absolute atomic E-state index is 0.276. The van der Waals surface area contributed by atoms with Crippen molar-refractivity contribution >= 4 is 34.3 Å². The van der Waals surface area contributed by atoms with Gasteiger partial charge in [0.25, 0.3) is 0 Å². The van der Waals surface area contributed by atoms with Crippen LogP contribution >= 0.6 is 22.6 Å². The number of carbonyl (C=O) groups excluding carboxylic acids is 1. The molecule has 1 unspecified atom stereocenters. The summed E-state index contributed by atoms with van der Waals surface area (Å²) in [6, 6.07) is 7.09. The van der Waals surface area contributed by atoms with E-state index in [1.807, 2.05) is 31.2 Å². The molecule has 0 aliphatic heterocycles. The molecule has 20 heavy (non-hydrogen) atoms. The van der Waals surface area contributed by atoms with Gasteiger partial charge in [0, 0.05) is 9.77 Å². The Kier molecular flexibility index (Phi) is 5.36. The lowest BCUT2D eigenvalue weighted by Crippen LogP contribution is -2.30. The number of amides is 2. The number of H-pyrrole nitrogens is 1. The number of rotatable bonds is 5. The molecule has 0 saturated heterocycles. The Balaban J connectivity index is 1.87. The summed E-state index contributed by atoms with van der Waals surface area (Å²) in [7, 11) is 0. The lowest BCUT2D eigenvalue weighted by atomic mass is 10.2. The van der Waals surface area contributed by atoms with Crippen molar-refractivity contribution in [2.24, 2.45) is 0 Å². The van der Waals surface area contributed by atoms with Crippen molar-refractivity contribution in [1.82, 2.24) is 15.4 Å². The molecule has 2 aromatic rings. The number of urea groups is 1. The number of carbonyl (C=O) groups is 1. The molecular formula is C13H15IN4O2. The minimum atomic E-state index is -0.414. The summed E-state index contributed by atoms with van der Waals surface area (Å²) >= 11 is 2.15. The first kappa shape index (κ1) is 14.8. The average Bonchev–Trinajstić information content (AvgIpc) is 2.96. The lowest BCUT2D eigenvalue weighted by molar-refractivity contribution is -0.00661. The first-order valence-corrected chi connectivity index (χ1v) is 7.24. The normalized spacial score (nSPS) is 11.9. The van der Waals surface area contributed by atoms with E-state index < -0.39 is 6.03 Å². The Hall–Kier alpha value is -1.61. The van der Waals surface area contributed by atoms with Crippen LogP contribution in [-0.4, -0.2) is 16.0 Å². The van der Waals surface area contributed by atoms with E-state index in [4.69, 9.17) is 4.84 Å². The second-order valence-electron chi connectivity index (χ2n) is 4.04. The van der Waals surface area contributed by atoms with E-state index in [-0.39, 0.29) is 6.10 Å². The van der Waals surface area contributed by atoms with E-state index in [1.165, 1.54) is 0 Å². The second kappa shape index (κ2) is 7.25. The van der Waals surface area contributed by atoms with E-state index in [2.05, 4.69) is 43.4 Å². The van der Waals surface area contributed by atoms with Crippen LogP contribution in [-0.2, 0) is 4.84 Å². The largest absolute Gasteiger partial charge is 0.351 e. The summed E-state index contributed by atoms with van der Waals surface area (Å²) in [5.41, 5.74) is 3.88. The van der Waals surface area contributed by atoms with Crippen molar-refractivity contribution in [3.8, 4) is 0 Å². The first-order chi connectivity index (χ1) is 9.70. The molecule has 2 amide bonds. The molecule has 0 aliphatic rings. The molecule has 0 fully saturated rings. The molecule has 1 aromatic heterocycles. The van der Waals surface area contributed by atoms with Crippen LogP contribution in [0.15, 0.2) is 36.8 Å². The number of nitrogens with one attached hydrogen (secondary N) is 3. The van der Waals surface area contributed by atoms with Crippen LogP contribution in [0.25, 0.3) is 0 Å². The third-order valence-corrected chi connectivity index (χ3v) is 3.58. The van der Waals surface area contributed by atoms with Crippen molar-refractivity contribution in [3.05, 3.63) is 46.1 Å². The number of imidazole rings is 1. The van der Waals surface area contributed by atoms with Gasteiger partial charge in [-0.25, -0.2) is 15.3 Å². The van der Waals surface area contributed by atoms with Crippen LogP contribution in [0, 0.1) is 3.57 Å². The number of benzene rings is 1. The van der Waals surface area contributed by atoms with Gasteiger partial charge in [0.15, 0.2) is 0 Å². The number of hydrogen-bond acceptors (Lipinski definition) is 3. The van der Waals surface area contributed by atoms with Gasteiger partial charge in [0.05, 0.1) is 17.7 Å². The Morgan fingerprint density at radius 1 is 1.50 bits per heavy atom. The Labute approximate surface area is 130 Å². The standard InChI is InChI=1S/C13H15IN4O2/c1-2-12(11-7-15-8-16-11)20-18-13(19)17-10-6-4-3-5-9(10)14/h3-8,12H,2H2,1H3,(H,15,16)(H2,17,18,19).